The minimum atomic E-state index is -3.15. The number of amides is 3. The zero-order valence-corrected chi connectivity index (χ0v) is 23.0. The van der Waals surface area contributed by atoms with Crippen LogP contribution in [0.1, 0.15) is 73.6 Å². The highest BCUT2D eigenvalue weighted by atomic mass is 19.3. The summed E-state index contributed by atoms with van der Waals surface area (Å²) in [6.07, 6.45) is -0.268. The summed E-state index contributed by atoms with van der Waals surface area (Å²) in [7, 11) is 0. The molecule has 0 aromatic carbocycles. The monoisotopic (exact) mass is 545 g/mol. The Balaban J connectivity index is 2.47. The van der Waals surface area contributed by atoms with Gasteiger partial charge in [0.25, 0.3) is 0 Å². The molecular weight excluding hydrogens is 504 g/mol. The van der Waals surface area contributed by atoms with Crippen molar-refractivity contribution in [3.8, 4) is 0 Å². The number of nitrogens with zero attached hydrogens (tertiary/aromatic N) is 1. The minimum Gasteiger partial charge on any atom is -0.464 e. The van der Waals surface area contributed by atoms with Crippen molar-refractivity contribution in [2.24, 2.45) is 5.92 Å². The minimum absolute atomic E-state index is 0.0133. The molecule has 0 bridgehead atoms. The number of rotatable bonds is 3. The highest BCUT2D eigenvalue weighted by Gasteiger charge is 2.49. The average Bonchev–Trinajstić information content (AvgIpc) is 3.17. The summed E-state index contributed by atoms with van der Waals surface area (Å²) < 4.78 is 40.1. The molecular formula is C26H41F2N3O7. The van der Waals surface area contributed by atoms with E-state index < -0.39 is 77.9 Å². The van der Waals surface area contributed by atoms with Crippen LogP contribution in [0.2, 0.25) is 0 Å². The van der Waals surface area contributed by atoms with Crippen LogP contribution < -0.4 is 10.6 Å². The SMILES string of the molecule is CCOC(=O)[C@]1(C)NC(=O)[C@@H]2C[C@@H](O)CN2C(=O)[C@@H](NC(=O)OC(C)(C)C)C/C=C/CCC(F)(F)CC1C. The van der Waals surface area contributed by atoms with Crippen molar-refractivity contribution >= 4 is 23.9 Å². The number of nitrogens with one attached hydrogen (secondary N) is 2. The molecule has 0 saturated carbocycles. The predicted molar refractivity (Wildman–Crippen MR) is 134 cm³/mol. The molecule has 3 amide bonds. The van der Waals surface area contributed by atoms with Gasteiger partial charge in [-0.3, -0.25) is 9.59 Å². The van der Waals surface area contributed by atoms with Crippen LogP contribution in [0.25, 0.3) is 0 Å². The number of hydrogen-bond donors (Lipinski definition) is 3. The number of ether oxygens (including phenoxy) is 2. The van der Waals surface area contributed by atoms with Gasteiger partial charge >= 0.3 is 12.1 Å². The van der Waals surface area contributed by atoms with E-state index in [9.17, 15) is 33.1 Å². The van der Waals surface area contributed by atoms with E-state index in [1.807, 2.05) is 0 Å². The molecule has 2 rings (SSSR count). The molecule has 1 saturated heterocycles. The number of aliphatic hydroxyl groups is 1. The summed E-state index contributed by atoms with van der Waals surface area (Å²) in [6, 6.07) is -2.38. The second kappa shape index (κ2) is 12.4. The Labute approximate surface area is 222 Å². The molecule has 2 aliphatic heterocycles. The maximum Gasteiger partial charge on any atom is 0.408 e. The molecule has 2 aliphatic rings. The lowest BCUT2D eigenvalue weighted by Crippen LogP contribution is -2.62. The molecule has 216 valence electrons. The first-order valence-electron chi connectivity index (χ1n) is 13.0. The third-order valence-electron chi connectivity index (χ3n) is 6.74. The fourth-order valence-electron chi connectivity index (χ4n) is 4.57. The summed E-state index contributed by atoms with van der Waals surface area (Å²) in [5.74, 6) is -6.49. The fraction of sp³-hybridized carbons (Fsp3) is 0.769. The average molecular weight is 546 g/mol. The first-order chi connectivity index (χ1) is 17.5. The Morgan fingerprint density at radius 2 is 1.92 bits per heavy atom. The van der Waals surface area contributed by atoms with Gasteiger partial charge in [-0.05, 0) is 53.4 Å². The molecule has 0 spiro atoms. The molecule has 12 heteroatoms. The molecule has 3 N–H and O–H groups in total. The lowest BCUT2D eigenvalue weighted by atomic mass is 9.81. The highest BCUT2D eigenvalue weighted by molar-refractivity contribution is 5.95. The van der Waals surface area contributed by atoms with Gasteiger partial charge in [-0.25, -0.2) is 18.4 Å². The van der Waals surface area contributed by atoms with Gasteiger partial charge in [-0.15, -0.1) is 0 Å². The van der Waals surface area contributed by atoms with Gasteiger partial charge in [0.15, 0.2) is 0 Å². The van der Waals surface area contributed by atoms with Crippen LogP contribution in [0.15, 0.2) is 12.2 Å². The second-order valence-corrected chi connectivity index (χ2v) is 11.2. The van der Waals surface area contributed by atoms with Gasteiger partial charge in [-0.1, -0.05) is 19.1 Å². The largest absolute Gasteiger partial charge is 0.464 e. The number of esters is 1. The van der Waals surface area contributed by atoms with Crippen molar-refractivity contribution in [1.82, 2.24) is 15.5 Å². The van der Waals surface area contributed by atoms with Crippen molar-refractivity contribution in [2.75, 3.05) is 13.2 Å². The highest BCUT2D eigenvalue weighted by Crippen LogP contribution is 2.35. The maximum absolute atomic E-state index is 14.9. The zero-order valence-electron chi connectivity index (χ0n) is 23.0. The quantitative estimate of drug-likeness (QED) is 0.367. The standard InChI is InChI=1S/C26H41F2N3O7/c1-7-37-22(35)25(6)16(2)14-26(27,28)12-10-8-9-11-18(29-23(36)38-24(3,4)5)21(34)31-15-17(32)13-19(31)20(33)30-25/h8-9,16-19,32H,7,10-15H2,1-6H3,(H,29,36)(H,30,33)/b9-8+/t16?,17-,18+,19+,25-/m1/s1. The normalized spacial score (nSPS) is 31.8. The van der Waals surface area contributed by atoms with Crippen molar-refractivity contribution in [3.63, 3.8) is 0 Å². The number of fused-ring (bicyclic) bond motifs is 1. The van der Waals surface area contributed by atoms with E-state index >= 15 is 0 Å². The van der Waals surface area contributed by atoms with E-state index in [0.29, 0.717) is 0 Å². The van der Waals surface area contributed by atoms with Crippen molar-refractivity contribution in [2.45, 2.75) is 109 Å². The fourth-order valence-corrected chi connectivity index (χ4v) is 4.57. The van der Waals surface area contributed by atoms with E-state index in [1.165, 1.54) is 26.0 Å². The van der Waals surface area contributed by atoms with Gasteiger partial charge < -0.3 is 30.1 Å². The topological polar surface area (TPSA) is 134 Å². The summed E-state index contributed by atoms with van der Waals surface area (Å²) in [5.41, 5.74) is -2.65. The van der Waals surface area contributed by atoms with Crippen LogP contribution in [0.4, 0.5) is 13.6 Å². The lowest BCUT2D eigenvalue weighted by molar-refractivity contribution is -0.157. The van der Waals surface area contributed by atoms with Gasteiger partial charge in [-0.2, -0.15) is 0 Å². The Morgan fingerprint density at radius 1 is 1.26 bits per heavy atom. The summed E-state index contributed by atoms with van der Waals surface area (Å²) in [4.78, 5) is 53.5. The van der Waals surface area contributed by atoms with Crippen LogP contribution in [0, 0.1) is 5.92 Å². The summed E-state index contributed by atoms with van der Waals surface area (Å²) in [5, 5.41) is 15.4. The maximum atomic E-state index is 14.9. The van der Waals surface area contributed by atoms with Crippen molar-refractivity contribution in [1.29, 1.82) is 0 Å². The predicted octanol–water partition coefficient (Wildman–Crippen LogP) is 2.68. The van der Waals surface area contributed by atoms with Crippen LogP contribution in [0.5, 0.6) is 0 Å². The number of alkyl halides is 2. The van der Waals surface area contributed by atoms with E-state index in [0.717, 1.165) is 4.90 Å². The lowest BCUT2D eigenvalue weighted by Gasteiger charge is -2.37. The molecule has 0 aromatic rings. The molecule has 38 heavy (non-hydrogen) atoms. The number of halogens is 2. The molecule has 0 aliphatic carbocycles. The number of alkyl carbamates (subject to hydrolysis) is 1. The Morgan fingerprint density at radius 3 is 2.53 bits per heavy atom. The van der Waals surface area contributed by atoms with E-state index in [-0.39, 0.29) is 32.4 Å². The van der Waals surface area contributed by atoms with E-state index in [1.54, 1.807) is 27.7 Å². The molecule has 10 nitrogen and oxygen atoms in total. The molecule has 1 unspecified atom stereocenters. The Hall–Kier alpha value is -2.76. The van der Waals surface area contributed by atoms with E-state index in [2.05, 4.69) is 10.6 Å². The van der Waals surface area contributed by atoms with Crippen LogP contribution >= 0.6 is 0 Å². The smallest absolute Gasteiger partial charge is 0.408 e. The number of carbonyl (C=O) groups excluding carboxylic acids is 4. The summed E-state index contributed by atoms with van der Waals surface area (Å²) in [6.45, 7) is 9.09. The van der Waals surface area contributed by atoms with Crippen molar-refractivity contribution in [3.05, 3.63) is 12.2 Å². The number of hydrogen-bond acceptors (Lipinski definition) is 7. The summed E-state index contributed by atoms with van der Waals surface area (Å²) >= 11 is 0. The Bertz CT molecular complexity index is 921. The first kappa shape index (κ1) is 31.5. The molecule has 5 atom stereocenters. The van der Waals surface area contributed by atoms with E-state index in [4.69, 9.17) is 9.47 Å². The van der Waals surface area contributed by atoms with Gasteiger partial charge in [0.2, 0.25) is 17.7 Å². The van der Waals surface area contributed by atoms with Crippen LogP contribution in [0.3, 0.4) is 0 Å². The molecule has 2 heterocycles. The number of carbonyl (C=O) groups is 4. The third-order valence-corrected chi connectivity index (χ3v) is 6.74. The number of aliphatic hydroxyl groups excluding tert-OH is 1. The second-order valence-electron chi connectivity index (χ2n) is 11.2. The third kappa shape index (κ3) is 8.37. The number of allylic oxidation sites excluding steroid dienone is 1. The zero-order chi connectivity index (χ0) is 28.9. The van der Waals surface area contributed by atoms with Crippen molar-refractivity contribution < 1.29 is 42.5 Å². The van der Waals surface area contributed by atoms with Crippen LogP contribution in [-0.4, -0.2) is 82.3 Å². The van der Waals surface area contributed by atoms with Gasteiger partial charge in [0, 0.05) is 25.8 Å². The van der Waals surface area contributed by atoms with Gasteiger partial charge in [0.05, 0.1) is 12.7 Å². The Kier molecular flexibility index (Phi) is 10.3. The first-order valence-corrected chi connectivity index (χ1v) is 13.0. The molecule has 1 fully saturated rings. The molecule has 0 radical (unpaired) electrons. The van der Waals surface area contributed by atoms with Gasteiger partial charge in [0.1, 0.15) is 23.2 Å². The molecule has 0 aromatic heterocycles. The van der Waals surface area contributed by atoms with Crippen LogP contribution in [-0.2, 0) is 23.9 Å².